The van der Waals surface area contributed by atoms with Crippen LogP contribution in [0, 0.1) is 0 Å². The molecule has 1 amide bonds. The molecule has 2 aromatic rings. The topological polar surface area (TPSA) is 67.5 Å². The van der Waals surface area contributed by atoms with Crippen LogP contribution in [0.25, 0.3) is 0 Å². The van der Waals surface area contributed by atoms with Gasteiger partial charge in [0.05, 0.1) is 12.8 Å². The minimum Gasteiger partial charge on any atom is -0.497 e. The van der Waals surface area contributed by atoms with E-state index < -0.39 is 0 Å². The van der Waals surface area contributed by atoms with Gasteiger partial charge in [0.1, 0.15) is 18.1 Å². The summed E-state index contributed by atoms with van der Waals surface area (Å²) < 4.78 is 10.9. The largest absolute Gasteiger partial charge is 0.497 e. The highest BCUT2D eigenvalue weighted by Gasteiger charge is 2.19. The normalized spacial score (nSPS) is 15.7. The molecule has 140 valence electrons. The Kier molecular flexibility index (Phi) is 6.52. The molecule has 2 heterocycles. The van der Waals surface area contributed by atoms with E-state index in [1.54, 1.807) is 13.2 Å². The van der Waals surface area contributed by atoms with Gasteiger partial charge in [-0.05, 0) is 31.0 Å². The number of hydrogen-bond donors (Lipinski definition) is 1. The van der Waals surface area contributed by atoms with Crippen LogP contribution in [-0.4, -0.2) is 41.2 Å². The molecule has 0 bridgehead atoms. The van der Waals surface area contributed by atoms with E-state index in [4.69, 9.17) is 9.47 Å². The van der Waals surface area contributed by atoms with Crippen LogP contribution in [0.4, 0.5) is 0 Å². The first kappa shape index (κ1) is 18.3. The molecule has 26 heavy (non-hydrogen) atoms. The second-order valence-electron chi connectivity index (χ2n) is 6.66. The van der Waals surface area contributed by atoms with Crippen LogP contribution in [0.3, 0.4) is 0 Å². The standard InChI is InChI=1S/C20H27N3O3/c1-25-17-9-8-10-18(14-17)26-15-16-13-19(22-21-16)20(24)23-11-6-4-2-3-5-7-12-23/h8-10,13-14H,2-7,11-12,15H2,1H3,(H,21,22). The lowest BCUT2D eigenvalue weighted by Crippen LogP contribution is -2.33. The number of aromatic nitrogens is 2. The van der Waals surface area contributed by atoms with Crippen molar-refractivity contribution >= 4 is 5.91 Å². The monoisotopic (exact) mass is 357 g/mol. The second kappa shape index (κ2) is 9.27. The van der Waals surface area contributed by atoms with Crippen LogP contribution in [0.2, 0.25) is 0 Å². The molecule has 6 nitrogen and oxygen atoms in total. The van der Waals surface area contributed by atoms with E-state index in [2.05, 4.69) is 10.2 Å². The summed E-state index contributed by atoms with van der Waals surface area (Å²) in [7, 11) is 1.62. The Labute approximate surface area is 154 Å². The van der Waals surface area contributed by atoms with Gasteiger partial charge in [0.2, 0.25) is 0 Å². The van der Waals surface area contributed by atoms with Crippen LogP contribution < -0.4 is 9.47 Å². The maximum absolute atomic E-state index is 12.7. The van der Waals surface area contributed by atoms with E-state index >= 15 is 0 Å². The summed E-state index contributed by atoms with van der Waals surface area (Å²) in [5.41, 5.74) is 1.24. The Hall–Kier alpha value is -2.50. The van der Waals surface area contributed by atoms with Gasteiger partial charge in [-0.1, -0.05) is 31.7 Å². The van der Waals surface area contributed by atoms with Crippen LogP contribution in [0.15, 0.2) is 30.3 Å². The molecule has 1 aliphatic rings. The number of ether oxygens (including phenoxy) is 2. The molecule has 1 aromatic heterocycles. The molecule has 0 saturated carbocycles. The number of rotatable bonds is 5. The minimum atomic E-state index is 0.00998. The van der Waals surface area contributed by atoms with Crippen LogP contribution in [-0.2, 0) is 6.61 Å². The number of benzene rings is 1. The van der Waals surface area contributed by atoms with Gasteiger partial charge in [-0.2, -0.15) is 5.10 Å². The molecule has 6 heteroatoms. The third kappa shape index (κ3) is 5.00. The van der Waals surface area contributed by atoms with Crippen molar-refractivity contribution in [1.82, 2.24) is 15.1 Å². The lowest BCUT2D eigenvalue weighted by Gasteiger charge is -2.20. The smallest absolute Gasteiger partial charge is 0.274 e. The van der Waals surface area contributed by atoms with E-state index in [0.29, 0.717) is 18.1 Å². The lowest BCUT2D eigenvalue weighted by atomic mass is 10.1. The van der Waals surface area contributed by atoms with Gasteiger partial charge in [0.25, 0.3) is 5.91 Å². The van der Waals surface area contributed by atoms with Crippen molar-refractivity contribution in [3.8, 4) is 11.5 Å². The Morgan fingerprint density at radius 2 is 1.77 bits per heavy atom. The third-order valence-corrected chi connectivity index (χ3v) is 4.68. The van der Waals surface area contributed by atoms with Gasteiger partial charge < -0.3 is 14.4 Å². The summed E-state index contributed by atoms with van der Waals surface area (Å²) in [5, 5.41) is 7.11. The van der Waals surface area contributed by atoms with E-state index in [1.165, 1.54) is 25.7 Å². The summed E-state index contributed by atoms with van der Waals surface area (Å²) >= 11 is 0. The summed E-state index contributed by atoms with van der Waals surface area (Å²) in [6, 6.07) is 9.22. The number of nitrogens with zero attached hydrogens (tertiary/aromatic N) is 2. The van der Waals surface area contributed by atoms with E-state index in [9.17, 15) is 4.79 Å². The van der Waals surface area contributed by atoms with Crippen molar-refractivity contribution in [1.29, 1.82) is 0 Å². The van der Waals surface area contributed by atoms with E-state index in [-0.39, 0.29) is 5.91 Å². The van der Waals surface area contributed by atoms with Crippen molar-refractivity contribution in [3.63, 3.8) is 0 Å². The van der Waals surface area contributed by atoms with E-state index in [1.807, 2.05) is 29.2 Å². The number of carbonyl (C=O) groups is 1. The predicted molar refractivity (Wildman–Crippen MR) is 99.5 cm³/mol. The molecule has 0 unspecified atom stereocenters. The number of hydrogen-bond acceptors (Lipinski definition) is 4. The molecular formula is C20H27N3O3. The molecule has 1 aliphatic heterocycles. The first-order valence-corrected chi connectivity index (χ1v) is 9.36. The van der Waals surface area contributed by atoms with Gasteiger partial charge in [-0.3, -0.25) is 9.89 Å². The molecule has 1 aromatic carbocycles. The fraction of sp³-hybridized carbons (Fsp3) is 0.500. The summed E-state index contributed by atoms with van der Waals surface area (Å²) in [6.45, 7) is 1.97. The fourth-order valence-corrected chi connectivity index (χ4v) is 3.19. The van der Waals surface area contributed by atoms with Crippen molar-refractivity contribution in [2.24, 2.45) is 0 Å². The number of nitrogens with one attached hydrogen (secondary N) is 1. The second-order valence-corrected chi connectivity index (χ2v) is 6.66. The maximum atomic E-state index is 12.7. The lowest BCUT2D eigenvalue weighted by molar-refractivity contribution is 0.0746. The quantitative estimate of drug-likeness (QED) is 0.884. The molecule has 0 atom stereocenters. The van der Waals surface area contributed by atoms with Gasteiger partial charge in [-0.15, -0.1) is 0 Å². The SMILES string of the molecule is COc1cccc(OCc2cc(C(=O)N3CCCCCCCC3)n[nH]2)c1. The van der Waals surface area contributed by atoms with Gasteiger partial charge in [0, 0.05) is 19.2 Å². The first-order valence-electron chi connectivity index (χ1n) is 9.36. The Morgan fingerprint density at radius 3 is 2.50 bits per heavy atom. The molecule has 0 radical (unpaired) electrons. The number of methoxy groups -OCH3 is 1. The van der Waals surface area contributed by atoms with E-state index in [0.717, 1.165) is 37.4 Å². The zero-order valence-corrected chi connectivity index (χ0v) is 15.4. The number of amides is 1. The highest BCUT2D eigenvalue weighted by Crippen LogP contribution is 2.20. The highest BCUT2D eigenvalue weighted by atomic mass is 16.5. The summed E-state index contributed by atoms with van der Waals surface area (Å²) in [4.78, 5) is 14.7. The fourth-order valence-electron chi connectivity index (χ4n) is 3.19. The summed E-state index contributed by atoms with van der Waals surface area (Å²) in [5.74, 6) is 1.47. The van der Waals surface area contributed by atoms with Crippen molar-refractivity contribution < 1.29 is 14.3 Å². The molecule has 0 spiro atoms. The molecule has 0 aliphatic carbocycles. The first-order chi connectivity index (χ1) is 12.8. The van der Waals surface area contributed by atoms with Crippen LogP contribution in [0.1, 0.15) is 54.7 Å². The number of H-pyrrole nitrogens is 1. The van der Waals surface area contributed by atoms with Crippen molar-refractivity contribution in [3.05, 3.63) is 41.7 Å². The Balaban J connectivity index is 1.58. The molecule has 1 saturated heterocycles. The van der Waals surface area contributed by atoms with Crippen LogP contribution in [0.5, 0.6) is 11.5 Å². The van der Waals surface area contributed by atoms with Crippen LogP contribution >= 0.6 is 0 Å². The Morgan fingerprint density at radius 1 is 1.08 bits per heavy atom. The zero-order chi connectivity index (χ0) is 18.2. The number of aromatic amines is 1. The minimum absolute atomic E-state index is 0.00998. The van der Waals surface area contributed by atoms with Crippen molar-refractivity contribution in [2.45, 2.75) is 45.1 Å². The van der Waals surface area contributed by atoms with Crippen molar-refractivity contribution in [2.75, 3.05) is 20.2 Å². The molecule has 3 rings (SSSR count). The number of carbonyl (C=O) groups excluding carboxylic acids is 1. The molecule has 1 N–H and O–H groups in total. The third-order valence-electron chi connectivity index (χ3n) is 4.68. The molecule has 1 fully saturated rings. The highest BCUT2D eigenvalue weighted by molar-refractivity contribution is 5.92. The maximum Gasteiger partial charge on any atom is 0.274 e. The zero-order valence-electron chi connectivity index (χ0n) is 15.4. The van der Waals surface area contributed by atoms with Gasteiger partial charge in [-0.25, -0.2) is 0 Å². The Bertz CT molecular complexity index is 704. The predicted octanol–water partition coefficient (Wildman–Crippen LogP) is 3.79. The average Bonchev–Trinajstić information content (AvgIpc) is 3.19. The van der Waals surface area contributed by atoms with Gasteiger partial charge >= 0.3 is 0 Å². The summed E-state index contributed by atoms with van der Waals surface area (Å²) in [6.07, 6.45) is 7.09. The molecular weight excluding hydrogens is 330 g/mol. The van der Waals surface area contributed by atoms with Gasteiger partial charge in [0.15, 0.2) is 5.69 Å². The average molecular weight is 357 g/mol.